The highest BCUT2D eigenvalue weighted by Gasteiger charge is 2.50. The summed E-state index contributed by atoms with van der Waals surface area (Å²) >= 11 is 0. The number of carbonyl (C=O) groups is 1. The van der Waals surface area contributed by atoms with E-state index >= 15 is 0 Å². The quantitative estimate of drug-likeness (QED) is 0.667. The Morgan fingerprint density at radius 1 is 0.708 bits per heavy atom. The van der Waals surface area contributed by atoms with Gasteiger partial charge < -0.3 is 5.11 Å². The molecule has 0 fully saturated rings. The van der Waals surface area contributed by atoms with Crippen molar-refractivity contribution in [3.05, 3.63) is 102 Å². The van der Waals surface area contributed by atoms with Crippen molar-refractivity contribution in [2.45, 2.75) is 0 Å². The molecule has 0 saturated heterocycles. The first kappa shape index (κ1) is 16.2. The van der Waals surface area contributed by atoms with Crippen LogP contribution in [0.15, 0.2) is 96.8 Å². The molecule has 0 amide bonds. The molecule has 3 aromatic rings. The van der Waals surface area contributed by atoms with Crippen molar-refractivity contribution in [2.24, 2.45) is 0 Å². The lowest BCUT2D eigenvalue weighted by Gasteiger charge is -2.18. The molecule has 0 saturated carbocycles. The Bertz CT molecular complexity index is 788. The number of carboxylic acid groups (broad SMARTS) is 1. The first-order valence-electron chi connectivity index (χ1n) is 7.71. The SMILES string of the molecule is O=C(O)[P+](/C=C/c1ccccc1)(c1ccccc1)c1ccccc1. The molecule has 118 valence electrons. The van der Waals surface area contributed by atoms with Gasteiger partial charge in [0.25, 0.3) is 0 Å². The van der Waals surface area contributed by atoms with Crippen LogP contribution in [0.5, 0.6) is 0 Å². The summed E-state index contributed by atoms with van der Waals surface area (Å²) in [4.78, 5) is 12.4. The first-order chi connectivity index (χ1) is 11.7. The summed E-state index contributed by atoms with van der Waals surface area (Å²) in [6.07, 6.45) is 1.92. The molecular formula is C21H18O2P+. The van der Waals surface area contributed by atoms with Crippen LogP contribution in [-0.4, -0.2) is 10.8 Å². The van der Waals surface area contributed by atoms with Crippen LogP contribution in [0.1, 0.15) is 5.56 Å². The third-order valence-electron chi connectivity index (χ3n) is 3.92. The van der Waals surface area contributed by atoms with Crippen LogP contribution in [0.2, 0.25) is 0 Å². The molecular weight excluding hydrogens is 315 g/mol. The summed E-state index contributed by atoms with van der Waals surface area (Å²) < 4.78 is 0. The highest BCUT2D eigenvalue weighted by atomic mass is 31.2. The zero-order chi connectivity index (χ0) is 16.8. The summed E-state index contributed by atoms with van der Waals surface area (Å²) in [5, 5.41) is 11.9. The highest BCUT2D eigenvalue weighted by molar-refractivity contribution is 8.04. The number of rotatable bonds is 5. The molecule has 0 aromatic heterocycles. The van der Waals surface area contributed by atoms with E-state index in [1.807, 2.05) is 103 Å². The Morgan fingerprint density at radius 2 is 1.12 bits per heavy atom. The number of benzene rings is 3. The van der Waals surface area contributed by atoms with E-state index in [0.717, 1.165) is 16.2 Å². The predicted octanol–water partition coefficient (Wildman–Crippen LogP) is 5.00. The van der Waals surface area contributed by atoms with E-state index in [0.29, 0.717) is 0 Å². The molecule has 3 aromatic carbocycles. The molecule has 0 aliphatic heterocycles. The van der Waals surface area contributed by atoms with Gasteiger partial charge in [0.05, 0.1) is 5.82 Å². The summed E-state index contributed by atoms with van der Waals surface area (Å²) in [7, 11) is -2.70. The predicted molar refractivity (Wildman–Crippen MR) is 103 cm³/mol. The third-order valence-corrected chi connectivity index (χ3v) is 7.34. The van der Waals surface area contributed by atoms with Gasteiger partial charge in [-0.1, -0.05) is 66.7 Å². The molecule has 0 aliphatic carbocycles. The van der Waals surface area contributed by atoms with Gasteiger partial charge in [-0.15, -0.1) is 0 Å². The Kier molecular flexibility index (Phi) is 4.88. The topological polar surface area (TPSA) is 37.3 Å². The van der Waals surface area contributed by atoms with E-state index in [-0.39, 0.29) is 0 Å². The minimum absolute atomic E-state index is 0.785. The van der Waals surface area contributed by atoms with Gasteiger partial charge in [-0.25, -0.2) is 4.79 Å². The zero-order valence-corrected chi connectivity index (χ0v) is 14.0. The second kappa shape index (κ2) is 7.25. The molecule has 0 spiro atoms. The lowest BCUT2D eigenvalue weighted by molar-refractivity contribution is 0.221. The fourth-order valence-electron chi connectivity index (χ4n) is 2.69. The molecule has 0 heterocycles. The Morgan fingerprint density at radius 3 is 1.54 bits per heavy atom. The number of hydrogen-bond donors (Lipinski definition) is 1. The number of hydrogen-bond acceptors (Lipinski definition) is 1. The molecule has 3 heteroatoms. The van der Waals surface area contributed by atoms with Crippen LogP contribution < -0.4 is 10.6 Å². The molecule has 3 rings (SSSR count). The maximum atomic E-state index is 12.4. The molecule has 0 bridgehead atoms. The third kappa shape index (κ3) is 3.15. The lowest BCUT2D eigenvalue weighted by atomic mass is 10.2. The molecule has 0 atom stereocenters. The van der Waals surface area contributed by atoms with Gasteiger partial charge in [-0.3, -0.25) is 0 Å². The van der Waals surface area contributed by atoms with E-state index in [9.17, 15) is 9.90 Å². The largest absolute Gasteiger partial charge is 0.463 e. The fourth-order valence-corrected chi connectivity index (χ4v) is 5.59. The van der Waals surface area contributed by atoms with E-state index in [4.69, 9.17) is 0 Å². The summed E-state index contributed by atoms with van der Waals surface area (Å²) in [5.74, 6) is 1.88. The molecule has 0 radical (unpaired) electrons. The van der Waals surface area contributed by atoms with Gasteiger partial charge in [0, 0.05) is 0 Å². The van der Waals surface area contributed by atoms with Gasteiger partial charge in [0.1, 0.15) is 10.6 Å². The lowest BCUT2D eigenvalue weighted by Crippen LogP contribution is -2.26. The second-order valence-corrected chi connectivity index (χ2v) is 8.56. The molecule has 0 unspecified atom stereocenters. The van der Waals surface area contributed by atoms with Crippen molar-refractivity contribution < 1.29 is 9.90 Å². The van der Waals surface area contributed by atoms with Gasteiger partial charge in [-0.2, -0.15) is 0 Å². The van der Waals surface area contributed by atoms with Gasteiger partial charge in [-0.05, 0) is 35.9 Å². The minimum atomic E-state index is -2.70. The average Bonchev–Trinajstić information content (AvgIpc) is 2.65. The molecule has 0 aliphatic rings. The molecule has 2 nitrogen and oxygen atoms in total. The smallest absolute Gasteiger partial charge is 0.451 e. The van der Waals surface area contributed by atoms with Crippen molar-refractivity contribution in [1.29, 1.82) is 0 Å². The van der Waals surface area contributed by atoms with E-state index < -0.39 is 13.0 Å². The van der Waals surface area contributed by atoms with Crippen LogP contribution in [0.25, 0.3) is 6.08 Å². The fraction of sp³-hybridized carbons (Fsp3) is 0. The van der Waals surface area contributed by atoms with E-state index in [1.54, 1.807) is 0 Å². The highest BCUT2D eigenvalue weighted by Crippen LogP contribution is 2.58. The molecule has 1 N–H and O–H groups in total. The Balaban J connectivity index is 2.20. The van der Waals surface area contributed by atoms with Crippen LogP contribution in [0.3, 0.4) is 0 Å². The zero-order valence-electron chi connectivity index (χ0n) is 13.1. The maximum absolute atomic E-state index is 12.4. The average molecular weight is 333 g/mol. The van der Waals surface area contributed by atoms with Crippen LogP contribution in [0, 0.1) is 0 Å². The van der Waals surface area contributed by atoms with Crippen LogP contribution >= 0.6 is 7.26 Å². The second-order valence-electron chi connectivity index (χ2n) is 5.40. The van der Waals surface area contributed by atoms with Crippen LogP contribution in [-0.2, 0) is 0 Å². The maximum Gasteiger partial charge on any atom is 0.463 e. The van der Waals surface area contributed by atoms with Crippen molar-refractivity contribution in [2.75, 3.05) is 0 Å². The van der Waals surface area contributed by atoms with Gasteiger partial charge in [0.15, 0.2) is 0 Å². The van der Waals surface area contributed by atoms with Gasteiger partial charge in [0.2, 0.25) is 7.26 Å². The monoisotopic (exact) mass is 333 g/mol. The first-order valence-corrected chi connectivity index (χ1v) is 9.57. The van der Waals surface area contributed by atoms with Crippen molar-refractivity contribution in [3.8, 4) is 0 Å². The van der Waals surface area contributed by atoms with E-state index in [1.165, 1.54) is 0 Å². The van der Waals surface area contributed by atoms with Crippen molar-refractivity contribution in [3.63, 3.8) is 0 Å². The summed E-state index contributed by atoms with van der Waals surface area (Å²) in [6.45, 7) is 0. The standard InChI is InChI=1S/C21H17O2P/c22-21(23)24(19-12-6-2-7-13-19,20-14-8-3-9-15-20)17-16-18-10-4-1-5-11-18/h1-17H/p+1/b17-16+. The Labute approximate surface area is 142 Å². The summed E-state index contributed by atoms with van der Waals surface area (Å²) in [5.41, 5.74) is 0.210. The summed E-state index contributed by atoms with van der Waals surface area (Å²) in [6, 6.07) is 28.8. The van der Waals surface area contributed by atoms with Crippen molar-refractivity contribution in [1.82, 2.24) is 0 Å². The normalized spacial score (nSPS) is 11.5. The molecule has 24 heavy (non-hydrogen) atoms. The van der Waals surface area contributed by atoms with E-state index in [2.05, 4.69) is 0 Å². The van der Waals surface area contributed by atoms with Gasteiger partial charge >= 0.3 is 5.71 Å². The van der Waals surface area contributed by atoms with Crippen LogP contribution in [0.4, 0.5) is 4.79 Å². The minimum Gasteiger partial charge on any atom is -0.451 e. The Hall–Kier alpha value is -2.70. The van der Waals surface area contributed by atoms with Crippen molar-refractivity contribution >= 4 is 29.7 Å².